The van der Waals surface area contributed by atoms with Gasteiger partial charge in [-0.1, -0.05) is 6.07 Å². The molecule has 0 amide bonds. The number of aliphatic hydroxyl groups excluding tert-OH is 1. The first-order chi connectivity index (χ1) is 23.8. The van der Waals surface area contributed by atoms with Gasteiger partial charge in [0.2, 0.25) is 11.8 Å². The number of halogens is 2. The molecule has 19 heteroatoms. The molecule has 0 saturated carbocycles. The Morgan fingerprint density at radius 3 is 2.76 bits per heavy atom. The maximum Gasteiger partial charge on any atom is 0.459 e. The second kappa shape index (κ2) is 13.8. The molecule has 0 bridgehead atoms. The Balaban J connectivity index is 1.23. The van der Waals surface area contributed by atoms with Crippen molar-refractivity contribution in [3.8, 4) is 11.6 Å². The second-order valence-electron chi connectivity index (χ2n) is 11.5. The number of rotatable bonds is 12. The van der Waals surface area contributed by atoms with E-state index >= 15 is 0 Å². The van der Waals surface area contributed by atoms with E-state index in [1.54, 1.807) is 30.5 Å². The molecule has 0 radical (unpaired) electrons. The predicted octanol–water partition coefficient (Wildman–Crippen LogP) is 3.18. The number of benzene rings is 2. The van der Waals surface area contributed by atoms with Crippen LogP contribution >= 0.6 is 7.75 Å². The van der Waals surface area contributed by atoms with Crippen molar-refractivity contribution in [3.63, 3.8) is 0 Å². The fourth-order valence-corrected chi connectivity index (χ4v) is 6.87. The van der Waals surface area contributed by atoms with Crippen LogP contribution < -0.4 is 20.1 Å². The predicted molar refractivity (Wildman–Crippen MR) is 172 cm³/mol. The Hall–Kier alpha value is -4.84. The number of nitrogen functional groups attached to an aromatic ring is 1. The molecule has 2 aromatic carbocycles. The molecule has 1 saturated heterocycles. The Morgan fingerprint density at radius 1 is 1.20 bits per heavy atom. The minimum atomic E-state index is -4.57. The highest BCUT2D eigenvalue weighted by Gasteiger charge is 2.54. The lowest BCUT2D eigenvalue weighted by molar-refractivity contribution is -0.146. The third-order valence-electron chi connectivity index (χ3n) is 7.93. The van der Waals surface area contributed by atoms with Gasteiger partial charge in [0.05, 0.1) is 25.6 Å². The Morgan fingerprint density at radius 2 is 2.00 bits per heavy atom. The number of nitrogens with two attached hydrogens (primary N) is 1. The molecular formula is C31H32F2N7O9P. The lowest BCUT2D eigenvalue weighted by Gasteiger charge is -2.27. The fraction of sp³-hybridized carbons (Fsp3) is 0.323. The van der Waals surface area contributed by atoms with E-state index < -0.39 is 68.6 Å². The van der Waals surface area contributed by atoms with Crippen LogP contribution in [-0.2, 0) is 30.0 Å². The summed E-state index contributed by atoms with van der Waals surface area (Å²) in [6.45, 7) is 1.45. The molecular weight excluding hydrogens is 683 g/mol. The first kappa shape index (κ1) is 35.0. The Labute approximate surface area is 282 Å². The molecule has 16 nitrogen and oxygen atoms in total. The largest absolute Gasteiger partial charge is 0.479 e. The number of hydrogen-bond acceptors (Lipinski definition) is 14. The standard InChI is InChI=1S/C31H32F2N7O9P/c1-16(28(42)46-13-17-9-10-18(32)12-20(17)33)39-50(44,49-22-8-4-7-21-19(22)6-5-11-35-21)47-14-23-25(41)31(2,43)29(48-23)40-15-36-24-26(40)37-30(34)38-27(24)45-3/h4-12,15-16,23,25,29,41,43H,13-14H2,1-3H3,(H,39,44)(H2,34,37,38)/t16-,23?,25+,29?,31+,50?/m0/s1. The number of aromatic nitrogens is 5. The first-order valence-electron chi connectivity index (χ1n) is 15.1. The molecule has 264 valence electrons. The summed E-state index contributed by atoms with van der Waals surface area (Å²) in [6.07, 6.45) is -1.37. The summed E-state index contributed by atoms with van der Waals surface area (Å²) in [4.78, 5) is 29.6. The second-order valence-corrected chi connectivity index (χ2v) is 13.2. The van der Waals surface area contributed by atoms with E-state index in [1.165, 1.54) is 37.9 Å². The number of nitrogens with one attached hydrogen (secondary N) is 1. The quantitative estimate of drug-likeness (QED) is 0.108. The van der Waals surface area contributed by atoms with E-state index in [0.29, 0.717) is 17.0 Å². The third kappa shape index (κ3) is 6.94. The van der Waals surface area contributed by atoms with Crippen molar-refractivity contribution in [1.82, 2.24) is 29.6 Å². The van der Waals surface area contributed by atoms with Crippen LogP contribution in [0.1, 0.15) is 25.6 Å². The number of ether oxygens (including phenoxy) is 3. The molecule has 5 N–H and O–H groups in total. The molecule has 5 aromatic rings. The number of nitrogens with zero attached hydrogens (tertiary/aromatic N) is 5. The van der Waals surface area contributed by atoms with Gasteiger partial charge in [0, 0.05) is 23.2 Å². The van der Waals surface area contributed by atoms with E-state index in [9.17, 15) is 28.4 Å². The van der Waals surface area contributed by atoms with Crippen molar-refractivity contribution >= 4 is 41.7 Å². The first-order valence-corrected chi connectivity index (χ1v) is 16.6. The van der Waals surface area contributed by atoms with Crippen molar-refractivity contribution < 1.29 is 51.6 Å². The summed E-state index contributed by atoms with van der Waals surface area (Å²) in [7, 11) is -3.20. The number of anilines is 1. The molecule has 4 heterocycles. The number of esters is 1. The van der Waals surface area contributed by atoms with Crippen molar-refractivity contribution in [1.29, 1.82) is 0 Å². The number of aliphatic hydroxyl groups is 2. The minimum Gasteiger partial charge on any atom is -0.479 e. The van der Waals surface area contributed by atoms with Gasteiger partial charge < -0.3 is 34.7 Å². The average Bonchev–Trinajstić information content (AvgIpc) is 3.59. The lowest BCUT2D eigenvalue weighted by atomic mass is 9.96. The van der Waals surface area contributed by atoms with Crippen LogP contribution in [0.2, 0.25) is 0 Å². The maximum atomic E-state index is 14.4. The summed E-state index contributed by atoms with van der Waals surface area (Å²) >= 11 is 0. The lowest BCUT2D eigenvalue weighted by Crippen LogP contribution is -2.44. The topological polar surface area (TPSA) is 215 Å². The van der Waals surface area contributed by atoms with Crippen LogP contribution in [0.25, 0.3) is 22.1 Å². The van der Waals surface area contributed by atoms with Gasteiger partial charge in [-0.05, 0) is 50.2 Å². The summed E-state index contributed by atoms with van der Waals surface area (Å²) in [5.74, 6) is -2.67. The summed E-state index contributed by atoms with van der Waals surface area (Å²) in [5.41, 5.74) is 4.63. The number of hydrogen-bond donors (Lipinski definition) is 4. The number of methoxy groups -OCH3 is 1. The van der Waals surface area contributed by atoms with E-state index in [1.807, 2.05) is 0 Å². The summed E-state index contributed by atoms with van der Waals surface area (Å²) in [6, 6.07) is 9.56. The fourth-order valence-electron chi connectivity index (χ4n) is 5.35. The van der Waals surface area contributed by atoms with Gasteiger partial charge in [0.1, 0.15) is 47.8 Å². The maximum absolute atomic E-state index is 14.4. The van der Waals surface area contributed by atoms with Crippen LogP contribution in [0.15, 0.2) is 61.1 Å². The van der Waals surface area contributed by atoms with Gasteiger partial charge in [-0.3, -0.25) is 18.9 Å². The van der Waals surface area contributed by atoms with Crippen molar-refractivity contribution in [2.24, 2.45) is 0 Å². The zero-order valence-electron chi connectivity index (χ0n) is 26.8. The van der Waals surface area contributed by atoms with Gasteiger partial charge in [-0.15, -0.1) is 0 Å². The highest BCUT2D eigenvalue weighted by atomic mass is 31.2. The number of imidazole rings is 1. The zero-order chi connectivity index (χ0) is 35.8. The van der Waals surface area contributed by atoms with Crippen molar-refractivity contribution in [2.45, 2.75) is 50.5 Å². The molecule has 0 spiro atoms. The smallest absolute Gasteiger partial charge is 0.459 e. The Kier molecular flexibility index (Phi) is 9.67. The van der Waals surface area contributed by atoms with Gasteiger partial charge >= 0.3 is 13.7 Å². The van der Waals surface area contributed by atoms with Crippen LogP contribution in [0.3, 0.4) is 0 Å². The average molecular weight is 716 g/mol. The third-order valence-corrected chi connectivity index (χ3v) is 9.56. The van der Waals surface area contributed by atoms with Crippen LogP contribution in [0.4, 0.5) is 14.7 Å². The molecule has 1 aliphatic heterocycles. The summed E-state index contributed by atoms with van der Waals surface area (Å²) in [5, 5.41) is 25.5. The zero-order valence-corrected chi connectivity index (χ0v) is 27.7. The van der Waals surface area contributed by atoms with Crippen LogP contribution in [0, 0.1) is 11.6 Å². The van der Waals surface area contributed by atoms with Gasteiger partial charge in [-0.25, -0.2) is 18.3 Å². The van der Waals surface area contributed by atoms with E-state index in [-0.39, 0.29) is 34.3 Å². The number of fused-ring (bicyclic) bond motifs is 2. The molecule has 3 aromatic heterocycles. The van der Waals surface area contributed by atoms with E-state index in [0.717, 1.165) is 12.1 Å². The molecule has 6 rings (SSSR count). The van der Waals surface area contributed by atoms with E-state index in [2.05, 4.69) is 25.0 Å². The normalized spacial score (nSPS) is 22.3. The number of pyridine rings is 1. The van der Waals surface area contributed by atoms with Crippen LogP contribution in [0.5, 0.6) is 11.6 Å². The number of carbonyl (C=O) groups is 1. The SMILES string of the molecule is COc1nc(N)nc2c1ncn2C1OC(COP(=O)(N[C@@H](C)C(=O)OCc2ccc(F)cc2F)Oc2cccc3ncccc23)[C@@H](O)[C@@]1(C)O. The highest BCUT2D eigenvalue weighted by molar-refractivity contribution is 7.52. The highest BCUT2D eigenvalue weighted by Crippen LogP contribution is 2.48. The van der Waals surface area contributed by atoms with Crippen molar-refractivity contribution in [3.05, 3.63) is 78.3 Å². The van der Waals surface area contributed by atoms with Crippen LogP contribution in [-0.4, -0.2) is 78.3 Å². The molecule has 50 heavy (non-hydrogen) atoms. The molecule has 1 fully saturated rings. The van der Waals surface area contributed by atoms with Gasteiger partial charge in [0.15, 0.2) is 17.4 Å². The molecule has 6 atom stereocenters. The minimum absolute atomic E-state index is 0.0764. The van der Waals surface area contributed by atoms with E-state index in [4.69, 9.17) is 29.0 Å². The van der Waals surface area contributed by atoms with Gasteiger partial charge in [0.25, 0.3) is 0 Å². The summed E-state index contributed by atoms with van der Waals surface area (Å²) < 4.78 is 71.2. The number of carbonyl (C=O) groups excluding carboxylic acids is 1. The molecule has 3 unspecified atom stereocenters. The van der Waals surface area contributed by atoms with Crippen molar-refractivity contribution in [2.75, 3.05) is 19.5 Å². The van der Waals surface area contributed by atoms with Gasteiger partial charge in [-0.2, -0.15) is 15.1 Å². The monoisotopic (exact) mass is 715 g/mol. The molecule has 0 aliphatic carbocycles. The molecule has 1 aliphatic rings. The Bertz CT molecular complexity index is 2100.